The summed E-state index contributed by atoms with van der Waals surface area (Å²) in [6.07, 6.45) is 4.79. The van der Waals surface area contributed by atoms with Crippen LogP contribution in [0, 0.1) is 0 Å². The Labute approximate surface area is 153 Å². The monoisotopic (exact) mass is 346 g/mol. The fraction of sp³-hybridized carbons (Fsp3) is 0.190. The SMILES string of the molecule is CCc1cccc(CC)c1NC(=O)c1cnc(Nc2ccccc2)nc1. The molecule has 5 nitrogen and oxygen atoms in total. The fourth-order valence-corrected chi connectivity index (χ4v) is 2.75. The fourth-order valence-electron chi connectivity index (χ4n) is 2.75. The van der Waals surface area contributed by atoms with Gasteiger partial charge in [0.2, 0.25) is 5.95 Å². The van der Waals surface area contributed by atoms with Gasteiger partial charge in [-0.2, -0.15) is 0 Å². The average molecular weight is 346 g/mol. The summed E-state index contributed by atoms with van der Waals surface area (Å²) in [7, 11) is 0. The molecule has 0 saturated heterocycles. The van der Waals surface area contributed by atoms with Gasteiger partial charge >= 0.3 is 0 Å². The number of carbonyl (C=O) groups is 1. The maximum Gasteiger partial charge on any atom is 0.258 e. The van der Waals surface area contributed by atoms with Crippen LogP contribution in [0.3, 0.4) is 0 Å². The molecule has 2 N–H and O–H groups in total. The predicted molar refractivity (Wildman–Crippen MR) is 105 cm³/mol. The number of nitrogens with zero attached hydrogens (tertiary/aromatic N) is 2. The van der Waals surface area contributed by atoms with E-state index >= 15 is 0 Å². The Morgan fingerprint density at radius 2 is 1.50 bits per heavy atom. The molecule has 1 heterocycles. The number of nitrogens with one attached hydrogen (secondary N) is 2. The highest BCUT2D eigenvalue weighted by Gasteiger charge is 2.12. The highest BCUT2D eigenvalue weighted by molar-refractivity contribution is 6.04. The van der Waals surface area contributed by atoms with Crippen LogP contribution in [0.25, 0.3) is 0 Å². The van der Waals surface area contributed by atoms with Crippen LogP contribution in [0.2, 0.25) is 0 Å². The molecule has 0 unspecified atom stereocenters. The van der Waals surface area contributed by atoms with Crippen molar-refractivity contribution in [2.75, 3.05) is 10.6 Å². The maximum absolute atomic E-state index is 12.6. The topological polar surface area (TPSA) is 66.9 Å². The van der Waals surface area contributed by atoms with Gasteiger partial charge in [-0.05, 0) is 36.1 Å². The summed E-state index contributed by atoms with van der Waals surface area (Å²) in [5.74, 6) is 0.253. The number of benzene rings is 2. The quantitative estimate of drug-likeness (QED) is 0.685. The van der Waals surface area contributed by atoms with Gasteiger partial charge < -0.3 is 10.6 Å². The van der Waals surface area contributed by atoms with Crippen molar-refractivity contribution >= 4 is 23.2 Å². The maximum atomic E-state index is 12.6. The van der Waals surface area contributed by atoms with Gasteiger partial charge in [0.25, 0.3) is 5.91 Å². The number of carbonyl (C=O) groups excluding carboxylic acids is 1. The summed E-state index contributed by atoms with van der Waals surface area (Å²) in [6.45, 7) is 4.16. The van der Waals surface area contributed by atoms with Crippen molar-refractivity contribution in [3.05, 3.63) is 77.6 Å². The lowest BCUT2D eigenvalue weighted by molar-refractivity contribution is 0.102. The lowest BCUT2D eigenvalue weighted by atomic mass is 10.0. The molecule has 0 saturated carbocycles. The van der Waals surface area contributed by atoms with E-state index in [9.17, 15) is 4.79 Å². The van der Waals surface area contributed by atoms with Crippen molar-refractivity contribution in [3.63, 3.8) is 0 Å². The normalized spacial score (nSPS) is 10.4. The Morgan fingerprint density at radius 1 is 0.885 bits per heavy atom. The summed E-state index contributed by atoms with van der Waals surface area (Å²) >= 11 is 0. The standard InChI is InChI=1S/C21H22N4O/c1-3-15-9-8-10-16(4-2)19(15)25-20(26)17-13-22-21(23-14-17)24-18-11-6-5-7-12-18/h5-14H,3-4H2,1-2H3,(H,25,26)(H,22,23,24). The molecule has 26 heavy (non-hydrogen) atoms. The zero-order chi connectivity index (χ0) is 18.4. The van der Waals surface area contributed by atoms with Gasteiger partial charge in [-0.25, -0.2) is 9.97 Å². The van der Waals surface area contributed by atoms with Crippen LogP contribution < -0.4 is 10.6 Å². The van der Waals surface area contributed by atoms with Gasteiger partial charge in [0, 0.05) is 23.8 Å². The summed E-state index contributed by atoms with van der Waals surface area (Å²) in [6, 6.07) is 15.8. The summed E-state index contributed by atoms with van der Waals surface area (Å²) in [4.78, 5) is 21.1. The van der Waals surface area contributed by atoms with Crippen molar-refractivity contribution in [1.82, 2.24) is 9.97 Å². The smallest absolute Gasteiger partial charge is 0.258 e. The molecule has 0 aliphatic carbocycles. The molecular weight excluding hydrogens is 324 g/mol. The highest BCUT2D eigenvalue weighted by atomic mass is 16.1. The first-order valence-electron chi connectivity index (χ1n) is 8.77. The van der Waals surface area contributed by atoms with E-state index in [-0.39, 0.29) is 5.91 Å². The van der Waals surface area contributed by atoms with Crippen molar-refractivity contribution in [3.8, 4) is 0 Å². The number of para-hydroxylation sites is 2. The van der Waals surface area contributed by atoms with Gasteiger partial charge in [0.1, 0.15) is 0 Å². The van der Waals surface area contributed by atoms with Crippen molar-refractivity contribution in [1.29, 1.82) is 0 Å². The van der Waals surface area contributed by atoms with E-state index in [0.29, 0.717) is 11.5 Å². The molecule has 0 spiro atoms. The van der Waals surface area contributed by atoms with Crippen LogP contribution >= 0.6 is 0 Å². The number of hydrogen-bond acceptors (Lipinski definition) is 4. The van der Waals surface area contributed by atoms with E-state index in [2.05, 4.69) is 34.4 Å². The van der Waals surface area contributed by atoms with Crippen LogP contribution in [0.4, 0.5) is 17.3 Å². The van der Waals surface area contributed by atoms with Gasteiger partial charge in [-0.15, -0.1) is 0 Å². The summed E-state index contributed by atoms with van der Waals surface area (Å²) in [5, 5.41) is 6.13. The predicted octanol–water partition coefficient (Wildman–Crippen LogP) is 4.60. The number of aromatic nitrogens is 2. The van der Waals surface area contributed by atoms with Crippen LogP contribution in [-0.2, 0) is 12.8 Å². The lowest BCUT2D eigenvalue weighted by Gasteiger charge is -2.14. The van der Waals surface area contributed by atoms with Gasteiger partial charge in [-0.3, -0.25) is 4.79 Å². The molecule has 0 radical (unpaired) electrons. The van der Waals surface area contributed by atoms with Crippen molar-refractivity contribution < 1.29 is 4.79 Å². The molecule has 0 bridgehead atoms. The van der Waals surface area contributed by atoms with Crippen LogP contribution in [0.5, 0.6) is 0 Å². The Hall–Kier alpha value is -3.21. The Kier molecular flexibility index (Phi) is 5.59. The molecule has 1 amide bonds. The molecule has 3 rings (SSSR count). The first-order chi connectivity index (χ1) is 12.7. The van der Waals surface area contributed by atoms with E-state index in [4.69, 9.17) is 0 Å². The van der Waals surface area contributed by atoms with Gasteiger partial charge in [0.05, 0.1) is 5.56 Å². The van der Waals surface area contributed by atoms with E-state index in [1.165, 1.54) is 12.4 Å². The lowest BCUT2D eigenvalue weighted by Crippen LogP contribution is -2.15. The molecule has 3 aromatic rings. The number of rotatable bonds is 6. The zero-order valence-corrected chi connectivity index (χ0v) is 15.0. The number of amides is 1. The zero-order valence-electron chi connectivity index (χ0n) is 15.0. The molecule has 132 valence electrons. The first-order valence-corrected chi connectivity index (χ1v) is 8.77. The van der Waals surface area contributed by atoms with E-state index in [1.54, 1.807) is 0 Å². The second kappa shape index (κ2) is 8.25. The number of hydrogen-bond donors (Lipinski definition) is 2. The summed E-state index contributed by atoms with van der Waals surface area (Å²) in [5.41, 5.74) is 4.47. The van der Waals surface area contributed by atoms with Crippen molar-refractivity contribution in [2.24, 2.45) is 0 Å². The van der Waals surface area contributed by atoms with E-state index < -0.39 is 0 Å². The number of aryl methyl sites for hydroxylation is 2. The largest absolute Gasteiger partial charge is 0.324 e. The van der Waals surface area contributed by atoms with E-state index in [0.717, 1.165) is 35.3 Å². The molecule has 0 atom stereocenters. The average Bonchev–Trinajstić information content (AvgIpc) is 2.69. The molecule has 0 fully saturated rings. The molecule has 0 aliphatic rings. The minimum atomic E-state index is -0.202. The van der Waals surface area contributed by atoms with Gasteiger partial charge in [-0.1, -0.05) is 50.2 Å². The third-order valence-corrected chi connectivity index (χ3v) is 4.18. The molecule has 5 heteroatoms. The van der Waals surface area contributed by atoms with Crippen LogP contribution in [0.1, 0.15) is 35.3 Å². The molecule has 0 aliphatic heterocycles. The van der Waals surface area contributed by atoms with E-state index in [1.807, 2.05) is 48.5 Å². The van der Waals surface area contributed by atoms with Crippen LogP contribution in [0.15, 0.2) is 60.9 Å². The number of anilines is 3. The minimum absolute atomic E-state index is 0.202. The third kappa shape index (κ3) is 4.06. The van der Waals surface area contributed by atoms with Crippen LogP contribution in [-0.4, -0.2) is 15.9 Å². The highest BCUT2D eigenvalue weighted by Crippen LogP contribution is 2.23. The minimum Gasteiger partial charge on any atom is -0.324 e. The summed E-state index contributed by atoms with van der Waals surface area (Å²) < 4.78 is 0. The molecule has 1 aromatic heterocycles. The second-order valence-corrected chi connectivity index (χ2v) is 5.90. The first kappa shape index (κ1) is 17.6. The second-order valence-electron chi connectivity index (χ2n) is 5.90. The third-order valence-electron chi connectivity index (χ3n) is 4.18. The van der Waals surface area contributed by atoms with Crippen molar-refractivity contribution in [2.45, 2.75) is 26.7 Å². The Morgan fingerprint density at radius 3 is 2.08 bits per heavy atom. The Balaban J connectivity index is 1.75. The molecule has 2 aromatic carbocycles. The van der Waals surface area contributed by atoms with Gasteiger partial charge in [0.15, 0.2) is 0 Å². The molecular formula is C21H22N4O. The Bertz CT molecular complexity index is 854.